The SMILES string of the molecule is C=CCn1c(SCc2ccccc2F)nnc1-c1ccccc1OCC. The summed E-state index contributed by atoms with van der Waals surface area (Å²) in [5.74, 6) is 1.75. The van der Waals surface area contributed by atoms with E-state index in [1.165, 1.54) is 17.8 Å². The van der Waals surface area contributed by atoms with Crippen molar-refractivity contribution in [3.8, 4) is 17.1 Å². The van der Waals surface area contributed by atoms with Gasteiger partial charge in [-0.05, 0) is 30.7 Å². The number of benzene rings is 2. The highest BCUT2D eigenvalue weighted by atomic mass is 32.2. The number of allylic oxidation sites excluding steroid dienone is 1. The van der Waals surface area contributed by atoms with Crippen LogP contribution in [0.25, 0.3) is 11.4 Å². The standard InChI is InChI=1S/C20H20FN3OS/c1-3-13-24-19(16-10-6-8-12-18(16)25-4-2)22-23-20(24)26-14-15-9-5-7-11-17(15)21/h3,5-12H,1,4,13-14H2,2H3. The Morgan fingerprint density at radius 1 is 1.15 bits per heavy atom. The van der Waals surface area contributed by atoms with E-state index in [-0.39, 0.29) is 5.82 Å². The summed E-state index contributed by atoms with van der Waals surface area (Å²) in [5.41, 5.74) is 1.52. The fourth-order valence-corrected chi connectivity index (χ4v) is 3.51. The molecule has 3 aromatic rings. The smallest absolute Gasteiger partial charge is 0.192 e. The van der Waals surface area contributed by atoms with E-state index in [9.17, 15) is 4.39 Å². The molecule has 4 nitrogen and oxygen atoms in total. The number of ether oxygens (including phenoxy) is 1. The molecule has 0 bridgehead atoms. The molecule has 26 heavy (non-hydrogen) atoms. The molecule has 0 atom stereocenters. The molecule has 2 aromatic carbocycles. The zero-order valence-corrected chi connectivity index (χ0v) is 15.4. The Bertz CT molecular complexity index is 894. The zero-order valence-electron chi connectivity index (χ0n) is 14.6. The van der Waals surface area contributed by atoms with Gasteiger partial charge < -0.3 is 4.74 Å². The lowest BCUT2D eigenvalue weighted by atomic mass is 10.2. The average molecular weight is 369 g/mol. The van der Waals surface area contributed by atoms with Crippen molar-refractivity contribution < 1.29 is 9.13 Å². The third-order valence-corrected chi connectivity index (χ3v) is 4.79. The third kappa shape index (κ3) is 3.96. The molecule has 0 unspecified atom stereocenters. The highest BCUT2D eigenvalue weighted by molar-refractivity contribution is 7.98. The quantitative estimate of drug-likeness (QED) is 0.416. The lowest BCUT2D eigenvalue weighted by molar-refractivity contribution is 0.341. The summed E-state index contributed by atoms with van der Waals surface area (Å²) in [6, 6.07) is 14.5. The van der Waals surface area contributed by atoms with Gasteiger partial charge in [-0.3, -0.25) is 4.57 Å². The molecule has 1 aromatic heterocycles. The molecule has 3 rings (SSSR count). The van der Waals surface area contributed by atoms with Gasteiger partial charge in [0.05, 0.1) is 12.2 Å². The summed E-state index contributed by atoms with van der Waals surface area (Å²) in [6.07, 6.45) is 1.79. The van der Waals surface area contributed by atoms with E-state index < -0.39 is 0 Å². The second kappa shape index (κ2) is 8.67. The van der Waals surface area contributed by atoms with Gasteiger partial charge in [0, 0.05) is 12.3 Å². The Kier molecular flexibility index (Phi) is 6.07. The number of halogens is 1. The van der Waals surface area contributed by atoms with Crippen molar-refractivity contribution in [3.63, 3.8) is 0 Å². The summed E-state index contributed by atoms with van der Waals surface area (Å²) in [6.45, 7) is 6.90. The van der Waals surface area contributed by atoms with Crippen molar-refractivity contribution in [2.45, 2.75) is 24.4 Å². The van der Waals surface area contributed by atoms with Crippen LogP contribution in [0.15, 0.2) is 66.3 Å². The van der Waals surface area contributed by atoms with E-state index >= 15 is 0 Å². The van der Waals surface area contributed by atoms with Crippen molar-refractivity contribution in [1.29, 1.82) is 0 Å². The molecule has 0 spiro atoms. The van der Waals surface area contributed by atoms with Crippen molar-refractivity contribution in [1.82, 2.24) is 14.8 Å². The Hall–Kier alpha value is -2.60. The highest BCUT2D eigenvalue weighted by Gasteiger charge is 2.17. The lowest BCUT2D eigenvalue weighted by Crippen LogP contribution is -2.02. The number of rotatable bonds is 8. The number of nitrogens with zero attached hydrogens (tertiary/aromatic N) is 3. The van der Waals surface area contributed by atoms with Gasteiger partial charge in [-0.25, -0.2) is 4.39 Å². The summed E-state index contributed by atoms with van der Waals surface area (Å²) in [5, 5.41) is 9.38. The molecule has 0 aliphatic heterocycles. The van der Waals surface area contributed by atoms with Gasteiger partial charge in [0.1, 0.15) is 11.6 Å². The predicted molar refractivity (Wildman–Crippen MR) is 103 cm³/mol. The van der Waals surface area contributed by atoms with Crippen LogP contribution in [0.5, 0.6) is 5.75 Å². The van der Waals surface area contributed by atoms with Crippen LogP contribution in [-0.4, -0.2) is 21.4 Å². The molecule has 0 saturated carbocycles. The van der Waals surface area contributed by atoms with Crippen molar-refractivity contribution in [2.24, 2.45) is 0 Å². The number of aromatic nitrogens is 3. The van der Waals surface area contributed by atoms with Crippen LogP contribution in [0.1, 0.15) is 12.5 Å². The van der Waals surface area contributed by atoms with E-state index in [1.54, 1.807) is 18.2 Å². The maximum atomic E-state index is 13.9. The Morgan fingerprint density at radius 3 is 2.69 bits per heavy atom. The third-order valence-electron chi connectivity index (χ3n) is 3.77. The van der Waals surface area contributed by atoms with E-state index in [1.807, 2.05) is 41.8 Å². The summed E-state index contributed by atoms with van der Waals surface area (Å²) in [4.78, 5) is 0. The average Bonchev–Trinajstić information content (AvgIpc) is 3.05. The fraction of sp³-hybridized carbons (Fsp3) is 0.200. The van der Waals surface area contributed by atoms with Gasteiger partial charge in [-0.1, -0.05) is 48.2 Å². The second-order valence-electron chi connectivity index (χ2n) is 5.51. The summed E-state index contributed by atoms with van der Waals surface area (Å²) < 4.78 is 21.5. The van der Waals surface area contributed by atoms with E-state index in [0.717, 1.165) is 16.5 Å². The second-order valence-corrected chi connectivity index (χ2v) is 6.46. The first-order chi connectivity index (χ1) is 12.7. The lowest BCUT2D eigenvalue weighted by Gasteiger charge is -2.11. The van der Waals surface area contributed by atoms with Crippen molar-refractivity contribution in [3.05, 3.63) is 72.6 Å². The minimum Gasteiger partial charge on any atom is -0.493 e. The number of thioether (sulfide) groups is 1. The molecule has 0 fully saturated rings. The molecule has 0 radical (unpaired) electrons. The molecule has 1 heterocycles. The Balaban J connectivity index is 1.92. The molecular weight excluding hydrogens is 349 g/mol. The van der Waals surface area contributed by atoms with E-state index in [2.05, 4.69) is 16.8 Å². The first kappa shape index (κ1) is 18.2. The summed E-state index contributed by atoms with van der Waals surface area (Å²) >= 11 is 1.45. The zero-order chi connectivity index (χ0) is 18.4. The first-order valence-corrected chi connectivity index (χ1v) is 9.35. The molecule has 0 saturated heterocycles. The van der Waals surface area contributed by atoms with Gasteiger partial charge in [0.25, 0.3) is 0 Å². The van der Waals surface area contributed by atoms with Crippen LogP contribution in [0.2, 0.25) is 0 Å². The van der Waals surface area contributed by atoms with E-state index in [4.69, 9.17) is 4.74 Å². The van der Waals surface area contributed by atoms with Crippen LogP contribution in [0.3, 0.4) is 0 Å². The predicted octanol–water partition coefficient (Wildman–Crippen LogP) is 4.96. The number of hydrogen-bond donors (Lipinski definition) is 0. The van der Waals surface area contributed by atoms with Gasteiger partial charge in [-0.2, -0.15) is 0 Å². The molecule has 6 heteroatoms. The van der Waals surface area contributed by atoms with Gasteiger partial charge in [0.15, 0.2) is 11.0 Å². The fourth-order valence-electron chi connectivity index (χ4n) is 2.58. The first-order valence-electron chi connectivity index (χ1n) is 8.37. The Morgan fingerprint density at radius 2 is 1.92 bits per heavy atom. The minimum atomic E-state index is -0.211. The molecule has 0 aliphatic carbocycles. The number of hydrogen-bond acceptors (Lipinski definition) is 4. The van der Waals surface area contributed by atoms with Crippen LogP contribution in [-0.2, 0) is 12.3 Å². The normalized spacial score (nSPS) is 10.7. The van der Waals surface area contributed by atoms with Crippen LogP contribution in [0.4, 0.5) is 4.39 Å². The number of para-hydroxylation sites is 1. The maximum absolute atomic E-state index is 13.9. The highest BCUT2D eigenvalue weighted by Crippen LogP contribution is 2.32. The monoisotopic (exact) mass is 369 g/mol. The van der Waals surface area contributed by atoms with Crippen LogP contribution < -0.4 is 4.74 Å². The van der Waals surface area contributed by atoms with Crippen molar-refractivity contribution >= 4 is 11.8 Å². The maximum Gasteiger partial charge on any atom is 0.192 e. The Labute approximate surface area is 156 Å². The molecule has 0 aliphatic rings. The molecule has 134 valence electrons. The van der Waals surface area contributed by atoms with Crippen LogP contribution >= 0.6 is 11.8 Å². The minimum absolute atomic E-state index is 0.211. The van der Waals surface area contributed by atoms with Gasteiger partial charge >= 0.3 is 0 Å². The molecule has 0 amide bonds. The van der Waals surface area contributed by atoms with E-state index in [0.29, 0.717) is 30.3 Å². The molecular formula is C20H20FN3OS. The summed E-state index contributed by atoms with van der Waals surface area (Å²) in [7, 11) is 0. The molecule has 0 N–H and O–H groups in total. The van der Waals surface area contributed by atoms with Crippen LogP contribution in [0, 0.1) is 5.82 Å². The van der Waals surface area contributed by atoms with Gasteiger partial charge in [0.2, 0.25) is 0 Å². The largest absolute Gasteiger partial charge is 0.493 e. The topological polar surface area (TPSA) is 39.9 Å². The van der Waals surface area contributed by atoms with Crippen molar-refractivity contribution in [2.75, 3.05) is 6.61 Å². The van der Waals surface area contributed by atoms with Gasteiger partial charge in [-0.15, -0.1) is 16.8 Å².